The van der Waals surface area contributed by atoms with E-state index in [4.69, 9.17) is 9.47 Å². The molecule has 196 valence electrons. The van der Waals surface area contributed by atoms with Gasteiger partial charge in [0.05, 0.1) is 42.6 Å². The van der Waals surface area contributed by atoms with E-state index in [1.165, 1.54) is 13.2 Å². The van der Waals surface area contributed by atoms with Gasteiger partial charge in [-0.05, 0) is 37.1 Å². The van der Waals surface area contributed by atoms with Gasteiger partial charge in [0.1, 0.15) is 12.4 Å². The van der Waals surface area contributed by atoms with Crippen molar-refractivity contribution in [1.29, 1.82) is 0 Å². The number of nitrogens with one attached hydrogen (secondary N) is 1. The quantitative estimate of drug-likeness (QED) is 0.522. The number of aromatic nitrogens is 2. The largest absolute Gasteiger partial charge is 0.494 e. The Morgan fingerprint density at radius 2 is 2.05 bits per heavy atom. The number of hydrogen-bond acceptors (Lipinski definition) is 5. The van der Waals surface area contributed by atoms with Crippen LogP contribution in [0.25, 0.3) is 11.0 Å². The van der Waals surface area contributed by atoms with Crippen molar-refractivity contribution >= 4 is 28.5 Å². The SMILES string of the molecule is COc1cc2c(cc1N1CCOCC1=O)[nH]/c(=N\C(=O)c1cccc(C(F)(F)F)c1)n2CC1(CO)CC1. The molecule has 5 rings (SSSR count). The standard InChI is InChI=1S/C25H25F3N4O5/c1-36-20-11-18-17(10-19(20)31-7-8-37-12-21(31)34)29-23(32(18)13-24(14-33)5-6-24)30-22(35)15-3-2-4-16(9-15)25(26,27)28/h2-4,9-11,33H,5-8,12-14H2,1H3,(H,29,30,35). The first kappa shape index (κ1) is 25.0. The van der Waals surface area contributed by atoms with Crippen molar-refractivity contribution in [1.82, 2.24) is 9.55 Å². The molecule has 12 heteroatoms. The van der Waals surface area contributed by atoms with Crippen LogP contribution in [0.3, 0.4) is 0 Å². The lowest BCUT2D eigenvalue weighted by Crippen LogP contribution is -2.41. The zero-order valence-corrected chi connectivity index (χ0v) is 20.0. The van der Waals surface area contributed by atoms with E-state index in [1.807, 2.05) is 0 Å². The first-order valence-corrected chi connectivity index (χ1v) is 11.7. The van der Waals surface area contributed by atoms with E-state index < -0.39 is 17.6 Å². The van der Waals surface area contributed by atoms with E-state index in [-0.39, 0.29) is 35.7 Å². The number of morpholine rings is 1. The molecule has 0 radical (unpaired) electrons. The van der Waals surface area contributed by atoms with E-state index in [0.717, 1.165) is 31.0 Å². The lowest BCUT2D eigenvalue weighted by Gasteiger charge is -2.28. The highest BCUT2D eigenvalue weighted by Crippen LogP contribution is 2.47. The second kappa shape index (κ2) is 9.34. The van der Waals surface area contributed by atoms with E-state index >= 15 is 0 Å². The van der Waals surface area contributed by atoms with Gasteiger partial charge in [-0.25, -0.2) is 0 Å². The number of aliphatic hydroxyl groups excluding tert-OH is 1. The maximum atomic E-state index is 13.2. The zero-order chi connectivity index (χ0) is 26.4. The van der Waals surface area contributed by atoms with Crippen molar-refractivity contribution in [3.05, 3.63) is 53.1 Å². The van der Waals surface area contributed by atoms with E-state index in [1.54, 1.807) is 21.6 Å². The Hall–Kier alpha value is -3.64. The Kier molecular flexibility index (Phi) is 6.32. The van der Waals surface area contributed by atoms with Crippen molar-refractivity contribution in [2.24, 2.45) is 10.4 Å². The smallest absolute Gasteiger partial charge is 0.416 e. The highest BCUT2D eigenvalue weighted by molar-refractivity contribution is 5.99. The summed E-state index contributed by atoms with van der Waals surface area (Å²) in [5, 5.41) is 9.92. The summed E-state index contributed by atoms with van der Waals surface area (Å²) in [5.41, 5.74) is 0.242. The number of ether oxygens (including phenoxy) is 2. The maximum Gasteiger partial charge on any atom is 0.416 e. The third-order valence-electron chi connectivity index (χ3n) is 6.80. The second-order valence-corrected chi connectivity index (χ2v) is 9.33. The van der Waals surface area contributed by atoms with Crippen LogP contribution in [0.1, 0.15) is 28.8 Å². The summed E-state index contributed by atoms with van der Waals surface area (Å²) >= 11 is 0. The summed E-state index contributed by atoms with van der Waals surface area (Å²) in [6, 6.07) is 7.51. The molecule has 9 nitrogen and oxygen atoms in total. The van der Waals surface area contributed by atoms with Gasteiger partial charge >= 0.3 is 6.18 Å². The number of hydrogen-bond donors (Lipinski definition) is 2. The number of aromatic amines is 1. The Labute approximate surface area is 209 Å². The highest BCUT2D eigenvalue weighted by Gasteiger charge is 2.43. The molecule has 1 saturated heterocycles. The fourth-order valence-electron chi connectivity index (χ4n) is 4.45. The summed E-state index contributed by atoms with van der Waals surface area (Å²) in [7, 11) is 1.48. The third kappa shape index (κ3) is 4.86. The summed E-state index contributed by atoms with van der Waals surface area (Å²) in [4.78, 5) is 34.2. The van der Waals surface area contributed by atoms with Gasteiger partial charge in [0.15, 0.2) is 0 Å². The first-order valence-electron chi connectivity index (χ1n) is 11.7. The Bertz CT molecular complexity index is 1440. The monoisotopic (exact) mass is 518 g/mol. The molecule has 2 aromatic carbocycles. The minimum absolute atomic E-state index is 0.0585. The number of methoxy groups -OCH3 is 1. The Morgan fingerprint density at radius 3 is 2.70 bits per heavy atom. The van der Waals surface area contributed by atoms with Crippen LogP contribution in [-0.2, 0) is 22.3 Å². The molecule has 2 aliphatic rings. The van der Waals surface area contributed by atoms with Crippen molar-refractivity contribution < 1.29 is 37.3 Å². The molecule has 0 unspecified atom stereocenters. The lowest BCUT2D eigenvalue weighted by atomic mass is 10.1. The predicted molar refractivity (Wildman–Crippen MR) is 126 cm³/mol. The molecule has 2 amide bonds. The molecule has 37 heavy (non-hydrogen) atoms. The minimum atomic E-state index is -4.60. The number of amides is 2. The average molecular weight is 518 g/mol. The van der Waals surface area contributed by atoms with Crippen LogP contribution >= 0.6 is 0 Å². The number of carbonyl (C=O) groups excluding carboxylic acids is 2. The van der Waals surface area contributed by atoms with Crippen molar-refractivity contribution in [3.8, 4) is 5.75 Å². The molecule has 3 aromatic rings. The van der Waals surface area contributed by atoms with Gasteiger partial charge in [-0.15, -0.1) is 0 Å². The first-order chi connectivity index (χ1) is 17.6. The summed E-state index contributed by atoms with van der Waals surface area (Å²) in [6.07, 6.45) is -3.04. The maximum absolute atomic E-state index is 13.2. The number of nitrogens with zero attached hydrogens (tertiary/aromatic N) is 3. The number of imidazole rings is 1. The van der Waals surface area contributed by atoms with Crippen LogP contribution in [-0.4, -0.2) is 59.9 Å². The van der Waals surface area contributed by atoms with Crippen LogP contribution < -0.4 is 15.3 Å². The zero-order valence-electron chi connectivity index (χ0n) is 20.0. The van der Waals surface area contributed by atoms with Gasteiger partial charge < -0.3 is 29.0 Å². The van der Waals surface area contributed by atoms with Gasteiger partial charge in [-0.1, -0.05) is 6.07 Å². The van der Waals surface area contributed by atoms with Gasteiger partial charge in [-0.3, -0.25) is 9.59 Å². The number of aliphatic hydroxyl groups is 1. The number of anilines is 1. The van der Waals surface area contributed by atoms with Crippen molar-refractivity contribution in [3.63, 3.8) is 0 Å². The van der Waals surface area contributed by atoms with E-state index in [2.05, 4.69) is 9.98 Å². The number of alkyl halides is 3. The molecule has 2 N–H and O–H groups in total. The van der Waals surface area contributed by atoms with Crippen LogP contribution in [0, 0.1) is 5.41 Å². The molecule has 0 bridgehead atoms. The third-order valence-corrected chi connectivity index (χ3v) is 6.80. The summed E-state index contributed by atoms with van der Waals surface area (Å²) in [6.45, 7) is 0.905. The topological polar surface area (TPSA) is 109 Å². The van der Waals surface area contributed by atoms with Gasteiger partial charge in [-0.2, -0.15) is 18.2 Å². The van der Waals surface area contributed by atoms with Crippen LogP contribution in [0.5, 0.6) is 5.75 Å². The molecular formula is C25H25F3N4O5. The Balaban J connectivity index is 1.64. The van der Waals surface area contributed by atoms with Gasteiger partial charge in [0, 0.05) is 30.1 Å². The minimum Gasteiger partial charge on any atom is -0.494 e. The fraction of sp³-hybridized carbons (Fsp3) is 0.400. The molecule has 1 aliphatic carbocycles. The van der Waals surface area contributed by atoms with Crippen molar-refractivity contribution in [2.75, 3.05) is 38.4 Å². The molecule has 1 saturated carbocycles. The second-order valence-electron chi connectivity index (χ2n) is 9.33. The molecule has 1 aliphatic heterocycles. The predicted octanol–water partition coefficient (Wildman–Crippen LogP) is 2.87. The number of carbonyl (C=O) groups is 2. The normalized spacial score (nSPS) is 17.9. The summed E-state index contributed by atoms with van der Waals surface area (Å²) < 4.78 is 52.0. The van der Waals surface area contributed by atoms with Gasteiger partial charge in [0.2, 0.25) is 5.62 Å². The van der Waals surface area contributed by atoms with E-state index in [0.29, 0.717) is 42.2 Å². The number of halogens is 3. The van der Waals surface area contributed by atoms with Crippen LogP contribution in [0.15, 0.2) is 41.4 Å². The van der Waals surface area contributed by atoms with Crippen LogP contribution in [0.4, 0.5) is 18.9 Å². The fourth-order valence-corrected chi connectivity index (χ4v) is 4.45. The lowest BCUT2D eigenvalue weighted by molar-refractivity contribution is -0.137. The van der Waals surface area contributed by atoms with Gasteiger partial charge in [0.25, 0.3) is 11.8 Å². The summed E-state index contributed by atoms with van der Waals surface area (Å²) in [5.74, 6) is -0.666. The number of benzene rings is 2. The molecule has 2 fully saturated rings. The average Bonchev–Trinajstić information content (AvgIpc) is 3.59. The van der Waals surface area contributed by atoms with Crippen LogP contribution in [0.2, 0.25) is 0 Å². The number of fused-ring (bicyclic) bond motifs is 1. The number of H-pyrrole nitrogens is 1. The number of rotatable bonds is 6. The Morgan fingerprint density at radius 1 is 1.27 bits per heavy atom. The molecular weight excluding hydrogens is 493 g/mol. The molecule has 2 heterocycles. The molecule has 1 aromatic heterocycles. The highest BCUT2D eigenvalue weighted by atomic mass is 19.4. The van der Waals surface area contributed by atoms with E-state index in [9.17, 15) is 27.9 Å². The molecule has 0 spiro atoms. The molecule has 0 atom stereocenters. The van der Waals surface area contributed by atoms with Crippen molar-refractivity contribution in [2.45, 2.75) is 25.6 Å².